The third-order valence-corrected chi connectivity index (χ3v) is 7.35. The third kappa shape index (κ3) is 6.25. The number of hydrogen-bond acceptors (Lipinski definition) is 5. The molecule has 2 atom stereocenters. The number of aliphatic hydroxyl groups excluding tert-OH is 1. The number of nitrogens with one attached hydrogen (secondary N) is 2. The highest BCUT2D eigenvalue weighted by Crippen LogP contribution is 2.46. The van der Waals surface area contributed by atoms with E-state index in [9.17, 15) is 18.7 Å². The number of aliphatic hydroxyl groups is 1. The van der Waals surface area contributed by atoms with Crippen molar-refractivity contribution in [3.63, 3.8) is 0 Å². The molecule has 2 fully saturated rings. The lowest BCUT2D eigenvalue weighted by Crippen LogP contribution is -2.49. The number of carbonyl (C=O) groups excluding carboxylic acids is 1. The van der Waals surface area contributed by atoms with E-state index in [0.717, 1.165) is 43.5 Å². The molecule has 2 aliphatic rings. The zero-order valence-electron chi connectivity index (χ0n) is 18.8. The van der Waals surface area contributed by atoms with E-state index in [1.165, 1.54) is 30.3 Å². The molecule has 1 saturated heterocycles. The largest absolute Gasteiger partial charge is 0.390 e. The fraction of sp³-hybridized carbons (Fsp3) is 0.480. The van der Waals surface area contributed by atoms with Crippen molar-refractivity contribution in [3.8, 4) is 0 Å². The molecule has 1 aliphatic carbocycles. The maximum Gasteiger partial charge on any atom is 0.217 e. The van der Waals surface area contributed by atoms with Gasteiger partial charge in [-0.05, 0) is 54.7 Å². The van der Waals surface area contributed by atoms with Crippen LogP contribution in [0.1, 0.15) is 30.9 Å². The number of nitrogens with zero attached hydrogens (tertiary/aromatic N) is 1. The fourth-order valence-corrected chi connectivity index (χ4v) is 5.39. The molecule has 2 aromatic rings. The van der Waals surface area contributed by atoms with Gasteiger partial charge in [-0.1, -0.05) is 12.1 Å². The molecule has 0 spiro atoms. The van der Waals surface area contributed by atoms with Crippen molar-refractivity contribution in [3.05, 3.63) is 65.2 Å². The number of halogens is 2. The van der Waals surface area contributed by atoms with Crippen LogP contribution in [-0.2, 0) is 16.8 Å². The van der Waals surface area contributed by atoms with Gasteiger partial charge >= 0.3 is 0 Å². The summed E-state index contributed by atoms with van der Waals surface area (Å²) in [7, 11) is 0. The maximum absolute atomic E-state index is 13.6. The Morgan fingerprint density at radius 3 is 2.48 bits per heavy atom. The number of amides is 1. The van der Waals surface area contributed by atoms with Gasteiger partial charge in [0.2, 0.25) is 5.91 Å². The predicted octanol–water partition coefficient (Wildman–Crippen LogP) is 3.21. The van der Waals surface area contributed by atoms with Gasteiger partial charge in [-0.15, -0.1) is 0 Å². The van der Waals surface area contributed by atoms with Crippen molar-refractivity contribution >= 4 is 23.4 Å². The quantitative estimate of drug-likeness (QED) is 0.520. The van der Waals surface area contributed by atoms with Crippen LogP contribution in [0.3, 0.4) is 0 Å². The predicted molar refractivity (Wildman–Crippen MR) is 129 cm³/mol. The van der Waals surface area contributed by atoms with Crippen molar-refractivity contribution in [1.82, 2.24) is 10.6 Å². The Bertz CT molecular complexity index is 960. The van der Waals surface area contributed by atoms with Crippen LogP contribution in [0.15, 0.2) is 42.5 Å². The van der Waals surface area contributed by atoms with Crippen LogP contribution in [-0.4, -0.2) is 54.3 Å². The molecule has 1 aliphatic heterocycles. The molecule has 4 rings (SSSR count). The van der Waals surface area contributed by atoms with E-state index in [0.29, 0.717) is 5.56 Å². The molecular weight excluding hydrogens is 444 g/mol. The first-order valence-electron chi connectivity index (χ1n) is 11.4. The van der Waals surface area contributed by atoms with Crippen molar-refractivity contribution < 1.29 is 18.7 Å². The molecule has 33 heavy (non-hydrogen) atoms. The second kappa shape index (κ2) is 10.4. The van der Waals surface area contributed by atoms with Crippen molar-refractivity contribution in [2.75, 3.05) is 36.0 Å². The van der Waals surface area contributed by atoms with E-state index in [4.69, 9.17) is 0 Å². The SMILES string of the molecule is CC(=O)NC(Cc1cc(F)cc(F)c1)C(O)CNC1(c2cccc(N3CCSCC3)c2)CC1. The van der Waals surface area contributed by atoms with Gasteiger partial charge in [0.15, 0.2) is 0 Å². The first-order valence-corrected chi connectivity index (χ1v) is 12.6. The summed E-state index contributed by atoms with van der Waals surface area (Å²) in [5, 5.41) is 17.1. The zero-order chi connectivity index (χ0) is 23.4. The maximum atomic E-state index is 13.6. The molecule has 3 N–H and O–H groups in total. The Labute approximate surface area is 197 Å². The highest BCUT2D eigenvalue weighted by molar-refractivity contribution is 7.99. The number of rotatable bonds is 9. The van der Waals surface area contributed by atoms with Crippen LogP contribution in [0, 0.1) is 11.6 Å². The van der Waals surface area contributed by atoms with Gasteiger partial charge in [-0.25, -0.2) is 8.78 Å². The number of carbonyl (C=O) groups is 1. The number of hydrogen-bond donors (Lipinski definition) is 3. The molecule has 8 heteroatoms. The Balaban J connectivity index is 1.42. The van der Waals surface area contributed by atoms with Crippen molar-refractivity contribution in [2.45, 2.75) is 43.9 Å². The van der Waals surface area contributed by atoms with E-state index in [2.05, 4.69) is 39.8 Å². The standard InChI is InChI=1S/C25H31F2N3O2S/c1-17(31)29-23(13-18-11-20(26)15-21(27)12-18)24(32)16-28-25(5-6-25)19-3-2-4-22(14-19)30-7-9-33-10-8-30/h2-4,11-12,14-15,23-24,28,32H,5-10,13,16H2,1H3,(H,29,31). The molecule has 178 valence electrons. The lowest BCUT2D eigenvalue weighted by atomic mass is 9.99. The summed E-state index contributed by atoms with van der Waals surface area (Å²) in [6, 6.07) is 11.2. The summed E-state index contributed by atoms with van der Waals surface area (Å²) < 4.78 is 27.2. The smallest absolute Gasteiger partial charge is 0.217 e. The fourth-order valence-electron chi connectivity index (χ4n) is 4.48. The van der Waals surface area contributed by atoms with Crippen LogP contribution in [0.5, 0.6) is 0 Å². The summed E-state index contributed by atoms with van der Waals surface area (Å²) >= 11 is 1.98. The second-order valence-corrected chi connectivity index (χ2v) is 10.2. The molecule has 0 aromatic heterocycles. The summed E-state index contributed by atoms with van der Waals surface area (Å²) in [6.45, 7) is 3.72. The van der Waals surface area contributed by atoms with Gasteiger partial charge in [0.25, 0.3) is 0 Å². The van der Waals surface area contributed by atoms with Gasteiger partial charge in [-0.3, -0.25) is 4.79 Å². The minimum absolute atomic E-state index is 0.132. The van der Waals surface area contributed by atoms with Gasteiger partial charge in [0.05, 0.1) is 12.1 Å². The Kier molecular flexibility index (Phi) is 7.56. The molecule has 0 radical (unpaired) electrons. The van der Waals surface area contributed by atoms with Crippen LogP contribution < -0.4 is 15.5 Å². The van der Waals surface area contributed by atoms with Crippen LogP contribution in [0.25, 0.3) is 0 Å². The summed E-state index contributed by atoms with van der Waals surface area (Å²) in [4.78, 5) is 14.1. The van der Waals surface area contributed by atoms with Crippen LogP contribution in [0.4, 0.5) is 14.5 Å². The second-order valence-electron chi connectivity index (χ2n) is 8.97. The molecule has 1 saturated carbocycles. The summed E-state index contributed by atoms with van der Waals surface area (Å²) in [5.41, 5.74) is 2.63. The van der Waals surface area contributed by atoms with Gasteiger partial charge < -0.3 is 20.6 Å². The topological polar surface area (TPSA) is 64.6 Å². The number of thioether (sulfide) groups is 1. The van der Waals surface area contributed by atoms with E-state index in [1.54, 1.807) is 0 Å². The molecule has 0 bridgehead atoms. The molecule has 1 heterocycles. The minimum atomic E-state index is -0.917. The molecule has 5 nitrogen and oxygen atoms in total. The third-order valence-electron chi connectivity index (χ3n) is 6.41. The Morgan fingerprint density at radius 1 is 1.15 bits per heavy atom. The highest BCUT2D eigenvalue weighted by Gasteiger charge is 2.44. The monoisotopic (exact) mass is 475 g/mol. The van der Waals surface area contributed by atoms with Crippen LogP contribution in [0.2, 0.25) is 0 Å². The van der Waals surface area contributed by atoms with E-state index in [-0.39, 0.29) is 24.4 Å². The molecule has 2 unspecified atom stereocenters. The van der Waals surface area contributed by atoms with Gasteiger partial charge in [0, 0.05) is 55.4 Å². The van der Waals surface area contributed by atoms with Crippen LogP contribution >= 0.6 is 11.8 Å². The first kappa shape index (κ1) is 24.0. The first-order chi connectivity index (χ1) is 15.8. The molecular formula is C25H31F2N3O2S. The summed E-state index contributed by atoms with van der Waals surface area (Å²) in [6.07, 6.45) is 1.16. The average Bonchev–Trinajstić information content (AvgIpc) is 3.58. The summed E-state index contributed by atoms with van der Waals surface area (Å²) in [5.74, 6) is 0.620. The van der Waals surface area contributed by atoms with Gasteiger partial charge in [-0.2, -0.15) is 11.8 Å². The average molecular weight is 476 g/mol. The number of anilines is 1. The minimum Gasteiger partial charge on any atom is -0.390 e. The lowest BCUT2D eigenvalue weighted by Gasteiger charge is -2.30. The molecule has 1 amide bonds. The van der Waals surface area contributed by atoms with Crippen molar-refractivity contribution in [1.29, 1.82) is 0 Å². The van der Waals surface area contributed by atoms with E-state index >= 15 is 0 Å². The molecule has 2 aromatic carbocycles. The Morgan fingerprint density at radius 2 is 1.85 bits per heavy atom. The Hall–Kier alpha value is -2.16. The van der Waals surface area contributed by atoms with Crippen molar-refractivity contribution in [2.24, 2.45) is 0 Å². The normalized spacial score (nSPS) is 19.1. The zero-order valence-corrected chi connectivity index (χ0v) is 19.6. The lowest BCUT2D eigenvalue weighted by molar-refractivity contribution is -0.120. The highest BCUT2D eigenvalue weighted by atomic mass is 32.2. The number of benzene rings is 2. The van der Waals surface area contributed by atoms with E-state index in [1.807, 2.05) is 11.8 Å². The van der Waals surface area contributed by atoms with Gasteiger partial charge in [0.1, 0.15) is 11.6 Å². The van der Waals surface area contributed by atoms with E-state index < -0.39 is 23.8 Å².